The molecule has 0 saturated carbocycles. The molecule has 3 aromatic rings. The van der Waals surface area contributed by atoms with Gasteiger partial charge in [-0.2, -0.15) is 0 Å². The SMILES string of the molecule is NS(=O)(=O)c1ccccc1-c1oc(CC(=O)NO)nc1-c1ccc(F)cc1. The van der Waals surface area contributed by atoms with Crippen molar-refractivity contribution in [3.63, 3.8) is 0 Å². The van der Waals surface area contributed by atoms with Crippen LogP contribution in [0.5, 0.6) is 0 Å². The Morgan fingerprint density at radius 1 is 1.19 bits per heavy atom. The number of nitrogens with zero attached hydrogens (tertiary/aromatic N) is 1. The minimum atomic E-state index is -4.07. The summed E-state index contributed by atoms with van der Waals surface area (Å²) >= 11 is 0. The number of rotatable bonds is 5. The van der Waals surface area contributed by atoms with Gasteiger partial charge < -0.3 is 4.42 Å². The highest BCUT2D eigenvalue weighted by atomic mass is 32.2. The maximum absolute atomic E-state index is 13.2. The first kappa shape index (κ1) is 18.7. The number of sulfonamides is 1. The topological polar surface area (TPSA) is 136 Å². The van der Waals surface area contributed by atoms with E-state index in [-0.39, 0.29) is 34.2 Å². The van der Waals surface area contributed by atoms with Crippen LogP contribution in [0.4, 0.5) is 4.39 Å². The number of carbonyl (C=O) groups excluding carboxylic acids is 1. The number of halogens is 1. The Morgan fingerprint density at radius 2 is 1.85 bits per heavy atom. The summed E-state index contributed by atoms with van der Waals surface area (Å²) in [4.78, 5) is 15.4. The molecule has 0 aliphatic carbocycles. The van der Waals surface area contributed by atoms with Crippen LogP contribution in [0.25, 0.3) is 22.6 Å². The van der Waals surface area contributed by atoms with E-state index in [1.165, 1.54) is 47.9 Å². The molecule has 0 spiro atoms. The molecule has 0 aliphatic heterocycles. The summed E-state index contributed by atoms with van der Waals surface area (Å²) in [7, 11) is -4.07. The first-order valence-corrected chi connectivity index (χ1v) is 9.15. The van der Waals surface area contributed by atoms with Crippen molar-refractivity contribution < 1.29 is 27.2 Å². The van der Waals surface area contributed by atoms with Crippen LogP contribution in [-0.4, -0.2) is 24.5 Å². The van der Waals surface area contributed by atoms with Crippen molar-refractivity contribution in [3.05, 3.63) is 60.2 Å². The smallest absolute Gasteiger partial charge is 0.252 e. The van der Waals surface area contributed by atoms with E-state index >= 15 is 0 Å². The van der Waals surface area contributed by atoms with Crippen molar-refractivity contribution in [1.29, 1.82) is 0 Å². The maximum Gasteiger partial charge on any atom is 0.252 e. The van der Waals surface area contributed by atoms with E-state index in [0.29, 0.717) is 5.56 Å². The summed E-state index contributed by atoms with van der Waals surface area (Å²) in [6.07, 6.45) is -0.387. The molecule has 0 bridgehead atoms. The molecule has 0 fully saturated rings. The quantitative estimate of drug-likeness (QED) is 0.449. The molecule has 4 N–H and O–H groups in total. The van der Waals surface area contributed by atoms with E-state index < -0.39 is 21.7 Å². The Hall–Kier alpha value is -3.08. The molecule has 0 saturated heterocycles. The van der Waals surface area contributed by atoms with Crippen LogP contribution >= 0.6 is 0 Å². The van der Waals surface area contributed by atoms with Gasteiger partial charge in [-0.1, -0.05) is 12.1 Å². The lowest BCUT2D eigenvalue weighted by Crippen LogP contribution is -2.20. The van der Waals surface area contributed by atoms with Gasteiger partial charge in [0.05, 0.1) is 4.90 Å². The van der Waals surface area contributed by atoms with Gasteiger partial charge in [-0.05, 0) is 36.4 Å². The second kappa shape index (κ2) is 7.27. The monoisotopic (exact) mass is 391 g/mol. The highest BCUT2D eigenvalue weighted by Gasteiger charge is 2.24. The van der Waals surface area contributed by atoms with Gasteiger partial charge in [0.1, 0.15) is 17.9 Å². The zero-order valence-corrected chi connectivity index (χ0v) is 14.5. The fourth-order valence-electron chi connectivity index (χ4n) is 2.51. The molecule has 0 atom stereocenters. The average Bonchev–Trinajstić information content (AvgIpc) is 3.05. The second-order valence-corrected chi connectivity index (χ2v) is 7.07. The highest BCUT2D eigenvalue weighted by Crippen LogP contribution is 2.36. The third kappa shape index (κ3) is 4.03. The van der Waals surface area contributed by atoms with Crippen molar-refractivity contribution >= 4 is 15.9 Å². The summed E-state index contributed by atoms with van der Waals surface area (Å²) in [5.74, 6) is -1.26. The van der Waals surface area contributed by atoms with Crippen molar-refractivity contribution in [3.8, 4) is 22.6 Å². The van der Waals surface area contributed by atoms with E-state index in [0.717, 1.165) is 0 Å². The Bertz CT molecular complexity index is 1090. The summed E-state index contributed by atoms with van der Waals surface area (Å²) in [6, 6.07) is 11.2. The minimum absolute atomic E-state index is 0.0481. The molecule has 1 aromatic heterocycles. The van der Waals surface area contributed by atoms with Crippen LogP contribution in [0.2, 0.25) is 0 Å². The van der Waals surface area contributed by atoms with E-state index in [1.54, 1.807) is 6.07 Å². The molecule has 0 unspecified atom stereocenters. The number of hydrogen-bond acceptors (Lipinski definition) is 6. The molecular weight excluding hydrogens is 377 g/mol. The number of hydroxylamine groups is 1. The number of oxazole rings is 1. The van der Waals surface area contributed by atoms with Gasteiger partial charge in [-0.25, -0.2) is 28.4 Å². The Balaban J connectivity index is 2.23. The van der Waals surface area contributed by atoms with Gasteiger partial charge in [0.15, 0.2) is 5.76 Å². The number of primary sulfonamides is 1. The van der Waals surface area contributed by atoms with Gasteiger partial charge in [0.25, 0.3) is 5.91 Å². The number of aromatic nitrogens is 1. The van der Waals surface area contributed by atoms with Gasteiger partial charge >= 0.3 is 0 Å². The van der Waals surface area contributed by atoms with Crippen LogP contribution in [-0.2, 0) is 21.2 Å². The Morgan fingerprint density at radius 3 is 2.48 bits per heavy atom. The van der Waals surface area contributed by atoms with Gasteiger partial charge in [0, 0.05) is 11.1 Å². The summed E-state index contributed by atoms with van der Waals surface area (Å²) in [5, 5.41) is 14.0. The third-order valence-corrected chi connectivity index (χ3v) is 4.63. The molecule has 1 amide bonds. The van der Waals surface area contributed by atoms with Crippen LogP contribution in [0, 0.1) is 5.82 Å². The Labute approximate surface area is 153 Å². The molecule has 0 radical (unpaired) electrons. The van der Waals surface area contributed by atoms with E-state index in [4.69, 9.17) is 14.8 Å². The Kier molecular flexibility index (Phi) is 5.04. The van der Waals surface area contributed by atoms with Crippen LogP contribution in [0.1, 0.15) is 5.89 Å². The lowest BCUT2D eigenvalue weighted by atomic mass is 10.1. The number of benzene rings is 2. The largest absolute Gasteiger partial charge is 0.439 e. The molecule has 8 nitrogen and oxygen atoms in total. The first-order chi connectivity index (χ1) is 12.8. The molecular formula is C17H14FN3O5S. The number of amides is 1. The molecule has 3 rings (SSSR count). The van der Waals surface area contributed by atoms with Crippen molar-refractivity contribution in [2.45, 2.75) is 11.3 Å². The van der Waals surface area contributed by atoms with Gasteiger partial charge in [-0.15, -0.1) is 0 Å². The van der Waals surface area contributed by atoms with E-state index in [1.807, 2.05) is 0 Å². The van der Waals surface area contributed by atoms with Gasteiger partial charge in [-0.3, -0.25) is 10.0 Å². The van der Waals surface area contributed by atoms with Crippen molar-refractivity contribution in [2.75, 3.05) is 0 Å². The zero-order valence-electron chi connectivity index (χ0n) is 13.7. The lowest BCUT2D eigenvalue weighted by molar-refractivity contribution is -0.128. The number of nitrogens with one attached hydrogen (secondary N) is 1. The summed E-state index contributed by atoms with van der Waals surface area (Å²) in [5.41, 5.74) is 2.24. The van der Waals surface area contributed by atoms with Crippen LogP contribution in [0.15, 0.2) is 57.8 Å². The highest BCUT2D eigenvalue weighted by molar-refractivity contribution is 7.89. The van der Waals surface area contributed by atoms with Crippen LogP contribution in [0.3, 0.4) is 0 Å². The van der Waals surface area contributed by atoms with E-state index in [2.05, 4.69) is 4.98 Å². The molecule has 27 heavy (non-hydrogen) atoms. The second-order valence-electron chi connectivity index (χ2n) is 5.55. The zero-order chi connectivity index (χ0) is 19.6. The summed E-state index contributed by atoms with van der Waals surface area (Å²) in [6.45, 7) is 0. The van der Waals surface area contributed by atoms with Crippen molar-refractivity contribution in [1.82, 2.24) is 10.5 Å². The van der Waals surface area contributed by atoms with Crippen molar-refractivity contribution in [2.24, 2.45) is 5.14 Å². The number of nitrogens with two attached hydrogens (primary N) is 1. The first-order valence-electron chi connectivity index (χ1n) is 7.60. The van der Waals surface area contributed by atoms with Gasteiger partial charge in [0.2, 0.25) is 15.9 Å². The maximum atomic E-state index is 13.2. The third-order valence-electron chi connectivity index (χ3n) is 3.66. The lowest BCUT2D eigenvalue weighted by Gasteiger charge is -2.07. The standard InChI is InChI=1S/C17H14FN3O5S/c18-11-7-5-10(6-8-11)16-17(26-15(20-16)9-14(22)21-23)12-3-1-2-4-13(12)27(19,24)25/h1-8,23H,9H2,(H,21,22)(H2,19,24,25). The molecule has 140 valence electrons. The molecule has 10 heteroatoms. The molecule has 0 aliphatic rings. The average molecular weight is 391 g/mol. The van der Waals surface area contributed by atoms with E-state index in [9.17, 15) is 17.6 Å². The van der Waals surface area contributed by atoms with Crippen LogP contribution < -0.4 is 10.6 Å². The number of carbonyl (C=O) groups is 1. The number of hydrogen-bond donors (Lipinski definition) is 3. The predicted octanol–water partition coefficient (Wildman–Crippen LogP) is 1.84. The predicted molar refractivity (Wildman–Crippen MR) is 92.3 cm³/mol. The molecule has 1 heterocycles. The minimum Gasteiger partial charge on any atom is -0.439 e. The normalized spacial score (nSPS) is 11.4. The molecule has 2 aromatic carbocycles. The fraction of sp³-hybridized carbons (Fsp3) is 0.0588. The summed E-state index contributed by atoms with van der Waals surface area (Å²) < 4.78 is 42.7. The fourth-order valence-corrected chi connectivity index (χ4v) is 3.24.